The molecule has 0 heterocycles. The zero-order valence-electron chi connectivity index (χ0n) is 11.0. The minimum atomic E-state index is -3.70. The number of nitro benzene ring substituents is 1. The van der Waals surface area contributed by atoms with Gasteiger partial charge in [-0.25, -0.2) is 13.1 Å². The molecule has 1 aromatic carbocycles. The van der Waals surface area contributed by atoms with Crippen LogP contribution in [0.2, 0.25) is 0 Å². The number of rotatable bonds is 7. The molecule has 20 heavy (non-hydrogen) atoms. The molecule has 0 radical (unpaired) electrons. The van der Waals surface area contributed by atoms with E-state index in [0.717, 1.165) is 6.07 Å². The van der Waals surface area contributed by atoms with Gasteiger partial charge in [-0.1, -0.05) is 22.0 Å². The summed E-state index contributed by atoms with van der Waals surface area (Å²) >= 11 is 3.35. The van der Waals surface area contributed by atoms with E-state index < -0.39 is 14.9 Å². The Balaban J connectivity index is 3.18. The maximum absolute atomic E-state index is 11.6. The molecule has 0 saturated carbocycles. The molecule has 1 unspecified atom stereocenters. The predicted molar refractivity (Wildman–Crippen MR) is 77.6 cm³/mol. The molecule has 1 atom stereocenters. The van der Waals surface area contributed by atoms with Crippen LogP contribution in [0.25, 0.3) is 0 Å². The Morgan fingerprint density at radius 1 is 1.50 bits per heavy atom. The topological polar surface area (TPSA) is 98.5 Å². The average molecular weight is 367 g/mol. The van der Waals surface area contributed by atoms with Crippen LogP contribution in [0.4, 0.5) is 5.69 Å². The first-order valence-electron chi connectivity index (χ1n) is 5.65. The van der Waals surface area contributed by atoms with Crippen LogP contribution in [0.3, 0.4) is 0 Å². The van der Waals surface area contributed by atoms with Gasteiger partial charge in [-0.05, 0) is 19.5 Å². The summed E-state index contributed by atoms with van der Waals surface area (Å²) in [5.41, 5.74) is 0.228. The van der Waals surface area contributed by atoms with E-state index in [1.807, 2.05) is 0 Å². The number of nitrogens with zero attached hydrogens (tertiary/aromatic N) is 1. The highest BCUT2D eigenvalue weighted by atomic mass is 79.9. The number of nitro groups is 1. The zero-order valence-corrected chi connectivity index (χ0v) is 13.4. The second-order valence-electron chi connectivity index (χ2n) is 4.01. The number of hydrogen-bond acceptors (Lipinski definition) is 5. The fraction of sp³-hybridized carbons (Fsp3) is 0.455. The minimum Gasteiger partial charge on any atom is -0.384 e. The molecule has 112 valence electrons. The number of hydrogen-bond donors (Lipinski definition) is 1. The molecule has 1 aromatic rings. The Morgan fingerprint density at radius 2 is 2.15 bits per heavy atom. The van der Waals surface area contributed by atoms with Gasteiger partial charge in [0.05, 0.1) is 16.4 Å². The van der Waals surface area contributed by atoms with Crippen molar-refractivity contribution in [1.82, 2.24) is 4.72 Å². The van der Waals surface area contributed by atoms with E-state index in [1.165, 1.54) is 26.3 Å². The summed E-state index contributed by atoms with van der Waals surface area (Å²) < 4.78 is 30.4. The molecule has 0 aliphatic heterocycles. The monoisotopic (exact) mass is 366 g/mol. The predicted octanol–water partition coefficient (Wildman–Crippen LogP) is 1.46. The SMILES string of the molecule is CNS(=O)(=O)c1ccc(CC(Br)COC)c([N+](=O)[O-])c1. The third-order valence-corrected chi connectivity index (χ3v) is 4.62. The van der Waals surface area contributed by atoms with E-state index in [0.29, 0.717) is 18.6 Å². The van der Waals surface area contributed by atoms with Crippen LogP contribution in [0.1, 0.15) is 5.56 Å². The Bertz CT molecular complexity index is 590. The summed E-state index contributed by atoms with van der Waals surface area (Å²) in [6, 6.07) is 3.86. The zero-order chi connectivity index (χ0) is 15.3. The molecular formula is C11H15BrN2O5S. The Kier molecular flexibility index (Phi) is 6.06. The van der Waals surface area contributed by atoms with Crippen LogP contribution < -0.4 is 4.72 Å². The molecule has 7 nitrogen and oxygen atoms in total. The van der Waals surface area contributed by atoms with Crippen molar-refractivity contribution in [1.29, 1.82) is 0 Å². The summed E-state index contributed by atoms with van der Waals surface area (Å²) in [7, 11) is -0.915. The van der Waals surface area contributed by atoms with Crippen LogP contribution in [0.5, 0.6) is 0 Å². The van der Waals surface area contributed by atoms with Crippen LogP contribution in [0.15, 0.2) is 23.1 Å². The fourth-order valence-electron chi connectivity index (χ4n) is 1.65. The first kappa shape index (κ1) is 17.0. The third kappa shape index (κ3) is 4.23. The molecule has 0 bridgehead atoms. The summed E-state index contributed by atoms with van der Waals surface area (Å²) in [4.78, 5) is 10.3. The van der Waals surface area contributed by atoms with Crippen LogP contribution in [-0.4, -0.2) is 38.9 Å². The largest absolute Gasteiger partial charge is 0.384 e. The van der Waals surface area contributed by atoms with Crippen LogP contribution >= 0.6 is 15.9 Å². The summed E-state index contributed by atoms with van der Waals surface area (Å²) in [5.74, 6) is 0. The van der Waals surface area contributed by atoms with E-state index in [9.17, 15) is 18.5 Å². The lowest BCUT2D eigenvalue weighted by Crippen LogP contribution is -2.19. The first-order chi connectivity index (χ1) is 9.31. The number of alkyl halides is 1. The molecule has 0 fully saturated rings. The third-order valence-electron chi connectivity index (χ3n) is 2.62. The maximum atomic E-state index is 11.6. The van der Waals surface area contributed by atoms with Crippen molar-refractivity contribution < 1.29 is 18.1 Å². The van der Waals surface area contributed by atoms with Crippen molar-refractivity contribution in [2.24, 2.45) is 0 Å². The van der Waals surface area contributed by atoms with Crippen LogP contribution in [0, 0.1) is 10.1 Å². The lowest BCUT2D eigenvalue weighted by Gasteiger charge is -2.10. The highest BCUT2D eigenvalue weighted by Crippen LogP contribution is 2.25. The molecule has 0 amide bonds. The van der Waals surface area contributed by atoms with Gasteiger partial charge in [0.15, 0.2) is 0 Å². The van der Waals surface area contributed by atoms with Crippen molar-refractivity contribution in [2.75, 3.05) is 20.8 Å². The second-order valence-corrected chi connectivity index (χ2v) is 7.19. The van der Waals surface area contributed by atoms with E-state index in [-0.39, 0.29) is 15.4 Å². The van der Waals surface area contributed by atoms with Gasteiger partial charge in [0.1, 0.15) is 0 Å². The number of ether oxygens (including phenoxy) is 1. The number of halogens is 1. The molecule has 0 aromatic heterocycles. The molecule has 1 rings (SSSR count). The van der Waals surface area contributed by atoms with E-state index in [4.69, 9.17) is 4.74 Å². The normalized spacial score (nSPS) is 13.2. The highest BCUT2D eigenvalue weighted by Gasteiger charge is 2.21. The smallest absolute Gasteiger partial charge is 0.273 e. The summed E-state index contributed by atoms with van der Waals surface area (Å²) in [5, 5.41) is 11.1. The van der Waals surface area contributed by atoms with Gasteiger partial charge in [0.25, 0.3) is 5.69 Å². The highest BCUT2D eigenvalue weighted by molar-refractivity contribution is 9.09. The Hall–Kier alpha value is -1.03. The van der Waals surface area contributed by atoms with Gasteiger partial charge in [0.2, 0.25) is 10.0 Å². The van der Waals surface area contributed by atoms with Crippen molar-refractivity contribution in [2.45, 2.75) is 16.1 Å². The van der Waals surface area contributed by atoms with Gasteiger partial charge in [-0.15, -0.1) is 0 Å². The maximum Gasteiger partial charge on any atom is 0.273 e. The lowest BCUT2D eigenvalue weighted by molar-refractivity contribution is -0.385. The van der Waals surface area contributed by atoms with E-state index in [2.05, 4.69) is 20.7 Å². The molecule has 9 heteroatoms. The standard InChI is InChI=1S/C11H15BrN2O5S/c1-13-20(17,18)10-4-3-8(5-9(12)7-19-2)11(6-10)14(15)16/h3-4,6,9,13H,5,7H2,1-2H3. The molecular weight excluding hydrogens is 352 g/mol. The Labute approximate surface area is 125 Å². The first-order valence-corrected chi connectivity index (χ1v) is 8.05. The lowest BCUT2D eigenvalue weighted by atomic mass is 10.1. The number of methoxy groups -OCH3 is 1. The van der Waals surface area contributed by atoms with E-state index >= 15 is 0 Å². The molecule has 0 aliphatic carbocycles. The van der Waals surface area contributed by atoms with E-state index in [1.54, 1.807) is 0 Å². The quantitative estimate of drug-likeness (QED) is 0.447. The summed E-state index contributed by atoms with van der Waals surface area (Å²) in [6.45, 7) is 0.397. The molecule has 0 aliphatic rings. The molecule has 0 spiro atoms. The van der Waals surface area contributed by atoms with Crippen molar-refractivity contribution in [3.8, 4) is 0 Å². The molecule has 0 saturated heterocycles. The van der Waals surface area contributed by atoms with Gasteiger partial charge < -0.3 is 4.74 Å². The van der Waals surface area contributed by atoms with Crippen LogP contribution in [-0.2, 0) is 21.2 Å². The summed E-state index contributed by atoms with van der Waals surface area (Å²) in [6.07, 6.45) is 0.365. The number of sulfonamides is 1. The number of nitrogens with one attached hydrogen (secondary N) is 1. The van der Waals surface area contributed by atoms with Gasteiger partial charge >= 0.3 is 0 Å². The minimum absolute atomic E-state index is 0.0852. The molecule has 1 N–H and O–H groups in total. The van der Waals surface area contributed by atoms with Gasteiger partial charge in [-0.3, -0.25) is 10.1 Å². The second kappa shape index (κ2) is 7.11. The van der Waals surface area contributed by atoms with Gasteiger partial charge in [0, 0.05) is 23.6 Å². The van der Waals surface area contributed by atoms with Gasteiger partial charge in [-0.2, -0.15) is 0 Å². The Morgan fingerprint density at radius 3 is 2.65 bits per heavy atom. The van der Waals surface area contributed by atoms with Crippen molar-refractivity contribution >= 4 is 31.6 Å². The number of benzene rings is 1. The fourth-order valence-corrected chi connectivity index (χ4v) is 3.01. The average Bonchev–Trinajstić information content (AvgIpc) is 2.38. The van der Waals surface area contributed by atoms with Crippen molar-refractivity contribution in [3.05, 3.63) is 33.9 Å². The van der Waals surface area contributed by atoms with Crippen molar-refractivity contribution in [3.63, 3.8) is 0 Å².